The van der Waals surface area contributed by atoms with Gasteiger partial charge in [-0.1, -0.05) is 0 Å². The number of nitrogen functional groups attached to an aromatic ring is 1. The Labute approximate surface area is 113 Å². The number of aromatic nitrogens is 4. The van der Waals surface area contributed by atoms with Crippen LogP contribution in [0.3, 0.4) is 0 Å². The molecule has 0 aliphatic heterocycles. The van der Waals surface area contributed by atoms with Crippen molar-refractivity contribution in [3.8, 4) is 5.88 Å². The van der Waals surface area contributed by atoms with E-state index in [1.165, 1.54) is 0 Å². The molecule has 0 bridgehead atoms. The number of pyridine rings is 1. The highest BCUT2D eigenvalue weighted by molar-refractivity contribution is 7.09. The predicted molar refractivity (Wildman–Crippen MR) is 74.4 cm³/mol. The van der Waals surface area contributed by atoms with Crippen molar-refractivity contribution in [1.29, 1.82) is 0 Å². The second kappa shape index (κ2) is 4.51. The van der Waals surface area contributed by atoms with E-state index in [4.69, 9.17) is 10.5 Å². The van der Waals surface area contributed by atoms with Gasteiger partial charge < -0.3 is 10.5 Å². The molecule has 0 fully saturated rings. The molecule has 98 valence electrons. The molecule has 1 atom stereocenters. The Balaban J connectivity index is 2.19. The van der Waals surface area contributed by atoms with Crippen molar-refractivity contribution in [2.24, 2.45) is 0 Å². The lowest BCUT2D eigenvalue weighted by molar-refractivity contribution is 0.399. The smallest absolute Gasteiger partial charge is 0.215 e. The fourth-order valence-corrected chi connectivity index (χ4v) is 2.71. The van der Waals surface area contributed by atoms with E-state index in [0.29, 0.717) is 17.5 Å². The van der Waals surface area contributed by atoms with Crippen LogP contribution in [0.1, 0.15) is 18.0 Å². The molecule has 3 aromatic heterocycles. The zero-order chi connectivity index (χ0) is 13.4. The SMILES string of the molecule is COc1ccc2nc(N)n(C(C)c3nccs3)c2n1. The minimum Gasteiger partial charge on any atom is -0.481 e. The molecule has 0 saturated carbocycles. The summed E-state index contributed by atoms with van der Waals surface area (Å²) in [6, 6.07) is 3.61. The van der Waals surface area contributed by atoms with Crippen molar-refractivity contribution in [3.05, 3.63) is 28.7 Å². The number of nitrogens with two attached hydrogens (primary N) is 1. The van der Waals surface area contributed by atoms with E-state index >= 15 is 0 Å². The van der Waals surface area contributed by atoms with Crippen LogP contribution >= 0.6 is 11.3 Å². The second-order valence-corrected chi connectivity index (χ2v) is 5.01. The molecule has 0 saturated heterocycles. The van der Waals surface area contributed by atoms with Gasteiger partial charge in [0, 0.05) is 17.6 Å². The summed E-state index contributed by atoms with van der Waals surface area (Å²) in [4.78, 5) is 13.1. The summed E-state index contributed by atoms with van der Waals surface area (Å²) < 4.78 is 7.02. The van der Waals surface area contributed by atoms with Gasteiger partial charge in [0.25, 0.3) is 0 Å². The Morgan fingerprint density at radius 3 is 2.89 bits per heavy atom. The second-order valence-electron chi connectivity index (χ2n) is 4.08. The van der Waals surface area contributed by atoms with E-state index < -0.39 is 0 Å². The van der Waals surface area contributed by atoms with Gasteiger partial charge in [-0.2, -0.15) is 4.98 Å². The number of fused-ring (bicyclic) bond motifs is 1. The van der Waals surface area contributed by atoms with E-state index in [-0.39, 0.29) is 6.04 Å². The Hall–Kier alpha value is -2.15. The lowest BCUT2D eigenvalue weighted by Crippen LogP contribution is -2.10. The van der Waals surface area contributed by atoms with Gasteiger partial charge >= 0.3 is 0 Å². The Bertz CT molecular complexity index is 706. The van der Waals surface area contributed by atoms with Gasteiger partial charge in [0.05, 0.1) is 13.2 Å². The summed E-state index contributed by atoms with van der Waals surface area (Å²) in [5, 5.41) is 2.91. The van der Waals surface area contributed by atoms with Crippen molar-refractivity contribution in [2.45, 2.75) is 13.0 Å². The van der Waals surface area contributed by atoms with Crippen molar-refractivity contribution >= 4 is 28.4 Å². The molecule has 0 amide bonds. The molecular formula is C12H13N5OS. The van der Waals surface area contributed by atoms with Gasteiger partial charge in [-0.15, -0.1) is 11.3 Å². The highest BCUT2D eigenvalue weighted by atomic mass is 32.1. The highest BCUT2D eigenvalue weighted by Gasteiger charge is 2.18. The maximum absolute atomic E-state index is 6.00. The third kappa shape index (κ3) is 1.91. The number of thiazole rings is 1. The lowest BCUT2D eigenvalue weighted by Gasteiger charge is -2.12. The highest BCUT2D eigenvalue weighted by Crippen LogP contribution is 2.28. The Morgan fingerprint density at radius 2 is 2.21 bits per heavy atom. The zero-order valence-electron chi connectivity index (χ0n) is 10.6. The topological polar surface area (TPSA) is 78.9 Å². The standard InChI is InChI=1S/C12H13N5OS/c1-7(11-14-5-6-19-11)17-10-8(15-12(17)13)3-4-9(16-10)18-2/h3-7H,1-2H3,(H2,13,15). The van der Waals surface area contributed by atoms with Crippen LogP contribution in [0, 0.1) is 0 Å². The van der Waals surface area contributed by atoms with Crippen molar-refractivity contribution in [1.82, 2.24) is 19.5 Å². The van der Waals surface area contributed by atoms with E-state index in [1.807, 2.05) is 22.9 Å². The van der Waals surface area contributed by atoms with Crippen LogP contribution in [0.15, 0.2) is 23.7 Å². The van der Waals surface area contributed by atoms with Gasteiger partial charge in [0.2, 0.25) is 11.8 Å². The molecule has 3 aromatic rings. The van der Waals surface area contributed by atoms with Crippen molar-refractivity contribution in [3.63, 3.8) is 0 Å². The van der Waals surface area contributed by atoms with Crippen LogP contribution in [0.4, 0.5) is 5.95 Å². The molecule has 0 spiro atoms. The molecule has 3 rings (SSSR count). The number of hydrogen-bond acceptors (Lipinski definition) is 6. The number of rotatable bonds is 3. The van der Waals surface area contributed by atoms with Gasteiger partial charge in [0.15, 0.2) is 5.65 Å². The average Bonchev–Trinajstić information content (AvgIpc) is 3.03. The first-order valence-corrected chi connectivity index (χ1v) is 6.66. The largest absolute Gasteiger partial charge is 0.481 e. The maximum atomic E-state index is 6.00. The fraction of sp³-hybridized carbons (Fsp3) is 0.250. The summed E-state index contributed by atoms with van der Waals surface area (Å²) in [5.74, 6) is 0.971. The van der Waals surface area contributed by atoms with Crippen LogP contribution < -0.4 is 10.5 Å². The first-order chi connectivity index (χ1) is 9.20. The fourth-order valence-electron chi connectivity index (χ4n) is 2.02. The molecule has 0 aliphatic rings. The first kappa shape index (κ1) is 11.9. The molecule has 0 aliphatic carbocycles. The van der Waals surface area contributed by atoms with Crippen LogP contribution in [0.2, 0.25) is 0 Å². The summed E-state index contributed by atoms with van der Waals surface area (Å²) in [5.41, 5.74) is 7.46. The third-order valence-electron chi connectivity index (χ3n) is 2.94. The number of methoxy groups -OCH3 is 1. The summed E-state index contributed by atoms with van der Waals surface area (Å²) in [6.45, 7) is 2.03. The molecule has 19 heavy (non-hydrogen) atoms. The summed E-state index contributed by atoms with van der Waals surface area (Å²) in [7, 11) is 1.59. The van der Waals surface area contributed by atoms with E-state index in [2.05, 4.69) is 15.0 Å². The molecule has 2 N–H and O–H groups in total. The molecule has 3 heterocycles. The minimum atomic E-state index is -0.00962. The number of nitrogens with zero attached hydrogens (tertiary/aromatic N) is 4. The van der Waals surface area contributed by atoms with Crippen LogP contribution in [0.25, 0.3) is 11.2 Å². The van der Waals surface area contributed by atoms with Gasteiger partial charge in [-0.05, 0) is 13.0 Å². The molecule has 0 aromatic carbocycles. The lowest BCUT2D eigenvalue weighted by atomic mass is 10.3. The van der Waals surface area contributed by atoms with Crippen LogP contribution in [0.5, 0.6) is 5.88 Å². The van der Waals surface area contributed by atoms with Gasteiger partial charge in [-0.3, -0.25) is 4.57 Å². The molecule has 1 unspecified atom stereocenters. The van der Waals surface area contributed by atoms with Crippen molar-refractivity contribution in [2.75, 3.05) is 12.8 Å². The molecule has 7 heteroatoms. The number of hydrogen-bond donors (Lipinski definition) is 1. The van der Waals surface area contributed by atoms with Gasteiger partial charge in [-0.25, -0.2) is 9.97 Å². The molecular weight excluding hydrogens is 262 g/mol. The summed E-state index contributed by atoms with van der Waals surface area (Å²) >= 11 is 1.58. The summed E-state index contributed by atoms with van der Waals surface area (Å²) in [6.07, 6.45) is 1.78. The minimum absolute atomic E-state index is 0.00962. The average molecular weight is 275 g/mol. The normalized spacial score (nSPS) is 12.7. The predicted octanol–water partition coefficient (Wildman–Crippen LogP) is 2.09. The Kier molecular flexibility index (Phi) is 2.83. The van der Waals surface area contributed by atoms with E-state index in [1.54, 1.807) is 30.7 Å². The number of ether oxygens (including phenoxy) is 1. The molecule has 6 nitrogen and oxygen atoms in total. The Morgan fingerprint density at radius 1 is 1.37 bits per heavy atom. The third-order valence-corrected chi connectivity index (χ3v) is 3.89. The van der Waals surface area contributed by atoms with Crippen molar-refractivity contribution < 1.29 is 4.74 Å². The van der Waals surface area contributed by atoms with Crippen LogP contribution in [-0.2, 0) is 0 Å². The van der Waals surface area contributed by atoms with E-state index in [9.17, 15) is 0 Å². The van der Waals surface area contributed by atoms with Gasteiger partial charge in [0.1, 0.15) is 10.5 Å². The maximum Gasteiger partial charge on any atom is 0.215 e. The number of imidazole rings is 1. The first-order valence-electron chi connectivity index (χ1n) is 5.78. The monoisotopic (exact) mass is 275 g/mol. The van der Waals surface area contributed by atoms with E-state index in [0.717, 1.165) is 10.5 Å². The quantitative estimate of drug-likeness (QED) is 0.791. The van der Waals surface area contributed by atoms with Crippen LogP contribution in [-0.4, -0.2) is 26.6 Å². The number of anilines is 1. The zero-order valence-corrected chi connectivity index (χ0v) is 11.4. The molecule has 0 radical (unpaired) electrons.